The fourth-order valence-corrected chi connectivity index (χ4v) is 3.82. The molecule has 0 saturated carbocycles. The maximum absolute atomic E-state index is 12.1. The van der Waals surface area contributed by atoms with Crippen molar-refractivity contribution in [3.05, 3.63) is 35.9 Å². The Labute approximate surface area is 135 Å². The van der Waals surface area contributed by atoms with Crippen LogP contribution < -0.4 is 0 Å². The van der Waals surface area contributed by atoms with E-state index in [1.807, 2.05) is 35.2 Å². The number of benzene rings is 1. The predicted octanol–water partition coefficient (Wildman–Crippen LogP) is -0.426. The van der Waals surface area contributed by atoms with E-state index in [-0.39, 0.29) is 5.91 Å². The monoisotopic (exact) mass is 320 g/mol. The number of aliphatic hydroxyl groups excluding tert-OH is 3. The Morgan fingerprint density at radius 3 is 2.57 bits per heavy atom. The third kappa shape index (κ3) is 3.12. The highest BCUT2D eigenvalue weighted by atomic mass is 16.3. The van der Waals surface area contributed by atoms with Crippen LogP contribution in [0.25, 0.3) is 0 Å². The van der Waals surface area contributed by atoms with Gasteiger partial charge in [-0.2, -0.15) is 0 Å². The molecule has 3 N–H and O–H groups in total. The standard InChI is InChI=1S/C17H24N2O4/c1-11(20)19(9-12-5-3-2-4-6-12)13-10-18-8-7-14(21)15(18)17(23)16(13)22/h2-6,13-17,21-23H,7-10H2,1H3/t13-,14-,15?,16+,17+/m0/s1. The SMILES string of the molecule is CC(=O)N(Cc1ccccc1)[C@H]1CN2CC[C@H](O)C2[C@@H](O)[C@@H]1O. The minimum absolute atomic E-state index is 0.136. The normalized spacial score (nSPS) is 34.2. The van der Waals surface area contributed by atoms with E-state index in [0.29, 0.717) is 26.1 Å². The first-order valence-corrected chi connectivity index (χ1v) is 8.08. The third-order valence-corrected chi connectivity index (χ3v) is 5.04. The van der Waals surface area contributed by atoms with Crippen molar-refractivity contribution in [1.82, 2.24) is 9.80 Å². The van der Waals surface area contributed by atoms with Crippen molar-refractivity contribution < 1.29 is 20.1 Å². The van der Waals surface area contributed by atoms with Crippen LogP contribution in [0, 0.1) is 0 Å². The zero-order chi connectivity index (χ0) is 16.6. The summed E-state index contributed by atoms with van der Waals surface area (Å²) in [7, 11) is 0. The van der Waals surface area contributed by atoms with Crippen LogP contribution in [0.5, 0.6) is 0 Å². The van der Waals surface area contributed by atoms with Crippen LogP contribution in [-0.2, 0) is 11.3 Å². The number of aliphatic hydroxyl groups is 3. The van der Waals surface area contributed by atoms with E-state index in [2.05, 4.69) is 0 Å². The Bertz CT molecular complexity index is 553. The van der Waals surface area contributed by atoms with Gasteiger partial charge in [0.1, 0.15) is 6.10 Å². The Balaban J connectivity index is 1.81. The molecule has 6 heteroatoms. The highest BCUT2D eigenvalue weighted by Gasteiger charge is 2.49. The molecule has 0 aliphatic carbocycles. The van der Waals surface area contributed by atoms with Crippen molar-refractivity contribution in [3.8, 4) is 0 Å². The van der Waals surface area contributed by atoms with Crippen LogP contribution in [0.1, 0.15) is 18.9 Å². The van der Waals surface area contributed by atoms with Gasteiger partial charge in [-0.3, -0.25) is 9.69 Å². The molecule has 1 aromatic carbocycles. The van der Waals surface area contributed by atoms with Crippen LogP contribution in [-0.4, -0.2) is 74.5 Å². The molecule has 2 aliphatic heterocycles. The van der Waals surface area contributed by atoms with Crippen molar-refractivity contribution in [2.45, 2.75) is 50.3 Å². The number of nitrogens with zero attached hydrogens (tertiary/aromatic N) is 2. The van der Waals surface area contributed by atoms with E-state index in [1.165, 1.54) is 6.92 Å². The fraction of sp³-hybridized carbons (Fsp3) is 0.588. The third-order valence-electron chi connectivity index (χ3n) is 5.04. The summed E-state index contributed by atoms with van der Waals surface area (Å²) in [5.41, 5.74) is 0.980. The number of carbonyl (C=O) groups excluding carboxylic acids is 1. The number of piperidine rings is 1. The average molecular weight is 320 g/mol. The second-order valence-corrected chi connectivity index (χ2v) is 6.52. The summed E-state index contributed by atoms with van der Waals surface area (Å²) in [6, 6.07) is 8.68. The van der Waals surface area contributed by atoms with Crippen molar-refractivity contribution in [1.29, 1.82) is 0 Å². The molecule has 3 rings (SSSR count). The van der Waals surface area contributed by atoms with Gasteiger partial charge < -0.3 is 20.2 Å². The van der Waals surface area contributed by atoms with Crippen molar-refractivity contribution in [2.75, 3.05) is 13.1 Å². The largest absolute Gasteiger partial charge is 0.391 e. The number of hydrogen-bond donors (Lipinski definition) is 3. The molecule has 126 valence electrons. The molecule has 0 radical (unpaired) electrons. The van der Waals surface area contributed by atoms with Gasteiger partial charge in [0.25, 0.3) is 0 Å². The molecule has 6 nitrogen and oxygen atoms in total. The summed E-state index contributed by atoms with van der Waals surface area (Å²) in [4.78, 5) is 15.7. The lowest BCUT2D eigenvalue weighted by molar-refractivity contribution is -0.151. The number of hydrogen-bond acceptors (Lipinski definition) is 5. The fourth-order valence-electron chi connectivity index (χ4n) is 3.82. The lowest BCUT2D eigenvalue weighted by atomic mass is 9.90. The number of carbonyl (C=O) groups is 1. The molecule has 5 atom stereocenters. The Kier molecular flexibility index (Phi) is 4.68. The zero-order valence-corrected chi connectivity index (χ0v) is 13.2. The average Bonchev–Trinajstić information content (AvgIpc) is 2.91. The van der Waals surface area contributed by atoms with E-state index in [9.17, 15) is 20.1 Å². The van der Waals surface area contributed by atoms with Gasteiger partial charge in [-0.15, -0.1) is 0 Å². The van der Waals surface area contributed by atoms with Gasteiger partial charge in [0, 0.05) is 26.6 Å². The number of amides is 1. The molecule has 0 aromatic heterocycles. The quantitative estimate of drug-likeness (QED) is 0.704. The maximum atomic E-state index is 12.1. The van der Waals surface area contributed by atoms with Crippen LogP contribution >= 0.6 is 0 Å². The van der Waals surface area contributed by atoms with Crippen molar-refractivity contribution in [2.24, 2.45) is 0 Å². The van der Waals surface area contributed by atoms with E-state index in [0.717, 1.165) is 5.56 Å². The summed E-state index contributed by atoms with van der Waals surface area (Å²) >= 11 is 0. The zero-order valence-electron chi connectivity index (χ0n) is 13.2. The van der Waals surface area contributed by atoms with Crippen molar-refractivity contribution in [3.63, 3.8) is 0 Å². The molecule has 2 fully saturated rings. The molecule has 2 saturated heterocycles. The van der Waals surface area contributed by atoms with Gasteiger partial charge in [-0.25, -0.2) is 0 Å². The lowest BCUT2D eigenvalue weighted by Gasteiger charge is -2.46. The topological polar surface area (TPSA) is 84.2 Å². The summed E-state index contributed by atoms with van der Waals surface area (Å²) in [5.74, 6) is -0.136. The van der Waals surface area contributed by atoms with E-state index >= 15 is 0 Å². The molecule has 23 heavy (non-hydrogen) atoms. The molecule has 2 aliphatic rings. The summed E-state index contributed by atoms with van der Waals surface area (Å²) in [6.45, 7) is 3.01. The summed E-state index contributed by atoms with van der Waals surface area (Å²) in [6.07, 6.45) is -2.15. The Morgan fingerprint density at radius 2 is 1.91 bits per heavy atom. The van der Waals surface area contributed by atoms with Gasteiger partial charge in [0.2, 0.25) is 5.91 Å². The predicted molar refractivity (Wildman–Crippen MR) is 84.5 cm³/mol. The van der Waals surface area contributed by atoms with E-state index < -0.39 is 30.4 Å². The Morgan fingerprint density at radius 1 is 1.22 bits per heavy atom. The molecule has 1 amide bonds. The smallest absolute Gasteiger partial charge is 0.220 e. The van der Waals surface area contributed by atoms with Crippen molar-refractivity contribution >= 4 is 5.91 Å². The maximum Gasteiger partial charge on any atom is 0.220 e. The number of fused-ring (bicyclic) bond motifs is 1. The molecule has 1 aromatic rings. The van der Waals surface area contributed by atoms with Crippen LogP contribution in [0.3, 0.4) is 0 Å². The van der Waals surface area contributed by atoms with Gasteiger partial charge in [0.05, 0.1) is 24.3 Å². The van der Waals surface area contributed by atoms with Gasteiger partial charge in [0.15, 0.2) is 0 Å². The van der Waals surface area contributed by atoms with Gasteiger partial charge in [-0.1, -0.05) is 30.3 Å². The molecule has 1 unspecified atom stereocenters. The number of rotatable bonds is 3. The summed E-state index contributed by atoms with van der Waals surface area (Å²) in [5, 5.41) is 30.9. The molecular formula is C17H24N2O4. The second kappa shape index (κ2) is 6.57. The van der Waals surface area contributed by atoms with E-state index in [4.69, 9.17) is 0 Å². The molecule has 0 bridgehead atoms. The molecular weight excluding hydrogens is 296 g/mol. The van der Waals surface area contributed by atoms with Crippen LogP contribution in [0.2, 0.25) is 0 Å². The van der Waals surface area contributed by atoms with Crippen LogP contribution in [0.15, 0.2) is 30.3 Å². The molecule has 0 spiro atoms. The first kappa shape index (κ1) is 16.4. The van der Waals surface area contributed by atoms with Crippen LogP contribution in [0.4, 0.5) is 0 Å². The Hall–Kier alpha value is -1.47. The first-order valence-electron chi connectivity index (χ1n) is 8.08. The minimum atomic E-state index is -1.06. The van der Waals surface area contributed by atoms with Gasteiger partial charge >= 0.3 is 0 Å². The highest BCUT2D eigenvalue weighted by molar-refractivity contribution is 5.73. The first-order chi connectivity index (χ1) is 11.0. The van der Waals surface area contributed by atoms with E-state index in [1.54, 1.807) is 4.90 Å². The van der Waals surface area contributed by atoms with Gasteiger partial charge in [-0.05, 0) is 12.0 Å². The minimum Gasteiger partial charge on any atom is -0.391 e. The highest BCUT2D eigenvalue weighted by Crippen LogP contribution is 2.30. The summed E-state index contributed by atoms with van der Waals surface area (Å²) < 4.78 is 0. The lowest BCUT2D eigenvalue weighted by Crippen LogP contribution is -2.66. The molecule has 2 heterocycles. The second-order valence-electron chi connectivity index (χ2n) is 6.52.